The molecule has 1 aliphatic rings. The SMILES string of the molecule is Cc1ccc(-c2nn(-c3ccccc3)cc2C(=O)NCCCN2CCN(C)CC2)cc1C. The van der Waals surface area contributed by atoms with E-state index >= 15 is 0 Å². The number of amides is 1. The summed E-state index contributed by atoms with van der Waals surface area (Å²) >= 11 is 0. The number of likely N-dealkylation sites (N-methyl/N-ethyl adjacent to an activating group) is 1. The molecule has 1 amide bonds. The van der Waals surface area contributed by atoms with Crippen molar-refractivity contribution in [2.45, 2.75) is 20.3 Å². The third-order valence-electron chi connectivity index (χ3n) is 6.29. The molecule has 6 nitrogen and oxygen atoms in total. The average molecular weight is 432 g/mol. The minimum absolute atomic E-state index is 0.0706. The van der Waals surface area contributed by atoms with E-state index in [1.807, 2.05) is 42.6 Å². The molecule has 2 heterocycles. The van der Waals surface area contributed by atoms with Gasteiger partial charge in [-0.05, 0) is 63.2 Å². The molecule has 1 saturated heterocycles. The van der Waals surface area contributed by atoms with Gasteiger partial charge in [0.1, 0.15) is 5.69 Å². The molecule has 0 atom stereocenters. The minimum atomic E-state index is -0.0706. The Morgan fingerprint density at radius 1 is 1.00 bits per heavy atom. The van der Waals surface area contributed by atoms with Gasteiger partial charge in [0, 0.05) is 44.5 Å². The van der Waals surface area contributed by atoms with Crippen LogP contribution in [0.2, 0.25) is 0 Å². The van der Waals surface area contributed by atoms with Crippen LogP contribution in [0.15, 0.2) is 54.7 Å². The van der Waals surface area contributed by atoms with Gasteiger partial charge < -0.3 is 15.1 Å². The van der Waals surface area contributed by atoms with Crippen LogP contribution in [0.3, 0.4) is 0 Å². The van der Waals surface area contributed by atoms with Crippen molar-refractivity contribution < 1.29 is 4.79 Å². The zero-order valence-corrected chi connectivity index (χ0v) is 19.3. The highest BCUT2D eigenvalue weighted by molar-refractivity contribution is 6.00. The Morgan fingerprint density at radius 3 is 2.47 bits per heavy atom. The number of rotatable bonds is 7. The van der Waals surface area contributed by atoms with E-state index in [2.05, 4.69) is 48.1 Å². The number of para-hydroxylation sites is 1. The quantitative estimate of drug-likeness (QED) is 0.582. The summed E-state index contributed by atoms with van der Waals surface area (Å²) in [4.78, 5) is 18.0. The van der Waals surface area contributed by atoms with Crippen molar-refractivity contribution in [1.82, 2.24) is 24.9 Å². The maximum absolute atomic E-state index is 13.1. The Labute approximate surface area is 190 Å². The minimum Gasteiger partial charge on any atom is -0.352 e. The molecule has 168 valence electrons. The van der Waals surface area contributed by atoms with Gasteiger partial charge in [-0.3, -0.25) is 4.79 Å². The molecule has 1 N–H and O–H groups in total. The van der Waals surface area contributed by atoms with Crippen molar-refractivity contribution in [3.63, 3.8) is 0 Å². The highest BCUT2D eigenvalue weighted by atomic mass is 16.1. The number of hydrogen-bond donors (Lipinski definition) is 1. The maximum atomic E-state index is 13.1. The fourth-order valence-corrected chi connectivity index (χ4v) is 4.03. The molecule has 1 aromatic heterocycles. The summed E-state index contributed by atoms with van der Waals surface area (Å²) in [5, 5.41) is 7.91. The van der Waals surface area contributed by atoms with Crippen LogP contribution < -0.4 is 5.32 Å². The smallest absolute Gasteiger partial charge is 0.255 e. The van der Waals surface area contributed by atoms with Crippen molar-refractivity contribution in [3.05, 3.63) is 71.4 Å². The largest absolute Gasteiger partial charge is 0.352 e. The van der Waals surface area contributed by atoms with E-state index in [0.29, 0.717) is 17.8 Å². The third kappa shape index (κ3) is 5.26. The van der Waals surface area contributed by atoms with E-state index in [0.717, 1.165) is 50.4 Å². The number of nitrogens with one attached hydrogen (secondary N) is 1. The third-order valence-corrected chi connectivity index (χ3v) is 6.29. The number of aromatic nitrogens is 2. The van der Waals surface area contributed by atoms with Gasteiger partial charge in [0.2, 0.25) is 0 Å². The first-order chi connectivity index (χ1) is 15.5. The van der Waals surface area contributed by atoms with Crippen LogP contribution in [-0.4, -0.2) is 71.8 Å². The molecular formula is C26H33N5O. The summed E-state index contributed by atoms with van der Waals surface area (Å²) < 4.78 is 1.80. The molecule has 0 bridgehead atoms. The number of aryl methyl sites for hydroxylation is 2. The van der Waals surface area contributed by atoms with Crippen LogP contribution in [0.5, 0.6) is 0 Å². The van der Waals surface area contributed by atoms with Crippen molar-refractivity contribution in [3.8, 4) is 16.9 Å². The number of benzene rings is 2. The lowest BCUT2D eigenvalue weighted by Gasteiger charge is -2.32. The van der Waals surface area contributed by atoms with Crippen molar-refractivity contribution in [2.75, 3.05) is 46.3 Å². The predicted molar refractivity (Wildman–Crippen MR) is 129 cm³/mol. The number of carbonyl (C=O) groups excluding carboxylic acids is 1. The summed E-state index contributed by atoms with van der Waals surface area (Å²) in [5.74, 6) is -0.0706. The standard InChI is InChI=1S/C26H33N5O/c1-20-10-11-22(18-21(20)2)25-24(19-31(28-25)23-8-5-4-6-9-23)26(32)27-12-7-13-30-16-14-29(3)15-17-30/h4-6,8-11,18-19H,7,12-17H2,1-3H3,(H,27,32). The van der Waals surface area contributed by atoms with Crippen LogP contribution in [0.1, 0.15) is 27.9 Å². The summed E-state index contributed by atoms with van der Waals surface area (Å²) in [6.45, 7) is 10.3. The van der Waals surface area contributed by atoms with Gasteiger partial charge in [0.25, 0.3) is 5.91 Å². The van der Waals surface area contributed by atoms with Crippen LogP contribution in [-0.2, 0) is 0 Å². The van der Waals surface area contributed by atoms with Gasteiger partial charge in [-0.25, -0.2) is 4.68 Å². The fraction of sp³-hybridized carbons (Fsp3) is 0.385. The molecule has 0 spiro atoms. The molecule has 0 unspecified atom stereocenters. The summed E-state index contributed by atoms with van der Waals surface area (Å²) in [5.41, 5.74) is 5.64. The van der Waals surface area contributed by atoms with Gasteiger partial charge in [0.05, 0.1) is 11.3 Å². The molecule has 4 rings (SSSR count). The molecule has 6 heteroatoms. The lowest BCUT2D eigenvalue weighted by Crippen LogP contribution is -2.45. The van der Waals surface area contributed by atoms with Crippen LogP contribution in [0.4, 0.5) is 0 Å². The molecule has 1 aliphatic heterocycles. The fourth-order valence-electron chi connectivity index (χ4n) is 4.03. The van der Waals surface area contributed by atoms with E-state index in [-0.39, 0.29) is 5.91 Å². The highest BCUT2D eigenvalue weighted by Gasteiger charge is 2.19. The second-order valence-corrected chi connectivity index (χ2v) is 8.72. The summed E-state index contributed by atoms with van der Waals surface area (Å²) in [7, 11) is 2.17. The second kappa shape index (κ2) is 10.1. The van der Waals surface area contributed by atoms with E-state index < -0.39 is 0 Å². The molecular weight excluding hydrogens is 398 g/mol. The van der Waals surface area contributed by atoms with E-state index in [1.165, 1.54) is 11.1 Å². The van der Waals surface area contributed by atoms with Crippen molar-refractivity contribution >= 4 is 5.91 Å². The molecule has 2 aromatic carbocycles. The highest BCUT2D eigenvalue weighted by Crippen LogP contribution is 2.26. The molecule has 0 saturated carbocycles. The second-order valence-electron chi connectivity index (χ2n) is 8.72. The zero-order valence-electron chi connectivity index (χ0n) is 19.3. The topological polar surface area (TPSA) is 53.4 Å². The molecule has 1 fully saturated rings. The Bertz CT molecular complexity index is 1050. The van der Waals surface area contributed by atoms with Crippen LogP contribution in [0.25, 0.3) is 16.9 Å². The first-order valence-electron chi connectivity index (χ1n) is 11.4. The van der Waals surface area contributed by atoms with E-state index in [4.69, 9.17) is 5.10 Å². The van der Waals surface area contributed by atoms with Crippen molar-refractivity contribution in [2.24, 2.45) is 0 Å². The Kier molecular flexibility index (Phi) is 7.02. The van der Waals surface area contributed by atoms with Gasteiger partial charge >= 0.3 is 0 Å². The molecule has 32 heavy (non-hydrogen) atoms. The van der Waals surface area contributed by atoms with E-state index in [1.54, 1.807) is 4.68 Å². The van der Waals surface area contributed by atoms with Crippen LogP contribution in [0, 0.1) is 13.8 Å². The van der Waals surface area contributed by atoms with Crippen LogP contribution >= 0.6 is 0 Å². The van der Waals surface area contributed by atoms with Gasteiger partial charge in [-0.1, -0.05) is 30.3 Å². The predicted octanol–water partition coefficient (Wildman–Crippen LogP) is 3.52. The van der Waals surface area contributed by atoms with Gasteiger partial charge in [-0.15, -0.1) is 0 Å². The number of carbonyl (C=O) groups is 1. The Hall–Kier alpha value is -2.96. The van der Waals surface area contributed by atoms with Crippen molar-refractivity contribution in [1.29, 1.82) is 0 Å². The first kappa shape index (κ1) is 22.2. The molecule has 3 aromatic rings. The molecule has 0 aliphatic carbocycles. The first-order valence-corrected chi connectivity index (χ1v) is 11.4. The lowest BCUT2D eigenvalue weighted by molar-refractivity contribution is 0.0950. The monoisotopic (exact) mass is 431 g/mol. The molecule has 0 radical (unpaired) electrons. The van der Waals surface area contributed by atoms with Gasteiger partial charge in [-0.2, -0.15) is 5.10 Å². The van der Waals surface area contributed by atoms with Gasteiger partial charge in [0.15, 0.2) is 0 Å². The summed E-state index contributed by atoms with van der Waals surface area (Å²) in [6, 6.07) is 16.2. The van der Waals surface area contributed by atoms with E-state index in [9.17, 15) is 4.79 Å². The maximum Gasteiger partial charge on any atom is 0.255 e. The number of nitrogens with zero attached hydrogens (tertiary/aromatic N) is 4. The number of piperazine rings is 1. The average Bonchev–Trinajstić information content (AvgIpc) is 3.26. The lowest BCUT2D eigenvalue weighted by atomic mass is 10.0. The normalized spacial score (nSPS) is 15.1. The summed E-state index contributed by atoms with van der Waals surface area (Å²) in [6.07, 6.45) is 2.79. The Balaban J connectivity index is 1.49. The Morgan fingerprint density at radius 2 is 1.75 bits per heavy atom. The zero-order chi connectivity index (χ0) is 22.5. The number of hydrogen-bond acceptors (Lipinski definition) is 4.